The van der Waals surface area contributed by atoms with Gasteiger partial charge in [-0.25, -0.2) is 0 Å². The first kappa shape index (κ1) is 21.2. The predicted molar refractivity (Wildman–Crippen MR) is 108 cm³/mol. The molecule has 0 atom stereocenters. The van der Waals surface area contributed by atoms with Crippen LogP contribution in [0.5, 0.6) is 0 Å². The predicted octanol–water partition coefficient (Wildman–Crippen LogP) is 7.65. The molecule has 0 unspecified atom stereocenters. The van der Waals surface area contributed by atoms with Crippen molar-refractivity contribution in [2.45, 2.75) is 58.3 Å². The molecule has 0 aromatic carbocycles. The summed E-state index contributed by atoms with van der Waals surface area (Å²) in [5.74, 6) is 0. The lowest BCUT2D eigenvalue weighted by atomic mass is 10.2. The summed E-state index contributed by atoms with van der Waals surface area (Å²) in [6.07, 6.45) is 37.1. The highest BCUT2D eigenvalue weighted by Gasteiger charge is 1.76. The molecule has 0 aliphatic rings. The monoisotopic (exact) mass is 310 g/mol. The molecule has 0 radical (unpaired) electrons. The van der Waals surface area contributed by atoms with Crippen molar-refractivity contribution < 1.29 is 0 Å². The largest absolute Gasteiger partial charge is 0.103 e. The van der Waals surface area contributed by atoms with Gasteiger partial charge in [-0.15, -0.1) is 6.58 Å². The van der Waals surface area contributed by atoms with Crippen LogP contribution in [0, 0.1) is 0 Å². The molecule has 0 saturated heterocycles. The standard InChI is InChI=1S/C23H34/c1-3-5-7-9-11-13-15-17-19-21-23-22-20-18-16-14-12-10-8-6-4-2/h3,6,8-9,11-12,14-15,17-18,20-21,23H,1,4-5,7,10,13,16,19,22H2,2H3/b8-6-,11-9-,14-12-,17-15-,20-18-,23-21-. The molecule has 0 aliphatic heterocycles. The second-order valence-corrected chi connectivity index (χ2v) is 5.28. The topological polar surface area (TPSA) is 0 Å². The highest BCUT2D eigenvalue weighted by molar-refractivity contribution is 5.01. The van der Waals surface area contributed by atoms with Crippen LogP contribution in [-0.2, 0) is 0 Å². The van der Waals surface area contributed by atoms with E-state index in [0.29, 0.717) is 0 Å². The maximum absolute atomic E-state index is 3.71. The Morgan fingerprint density at radius 1 is 0.478 bits per heavy atom. The van der Waals surface area contributed by atoms with E-state index >= 15 is 0 Å². The van der Waals surface area contributed by atoms with Crippen molar-refractivity contribution in [3.63, 3.8) is 0 Å². The Kier molecular flexibility index (Phi) is 18.6. The molecule has 0 heterocycles. The van der Waals surface area contributed by atoms with Crippen LogP contribution in [-0.4, -0.2) is 0 Å². The van der Waals surface area contributed by atoms with Crippen LogP contribution in [0.3, 0.4) is 0 Å². The average Bonchev–Trinajstić information content (AvgIpc) is 2.57. The van der Waals surface area contributed by atoms with Gasteiger partial charge >= 0.3 is 0 Å². The van der Waals surface area contributed by atoms with Crippen molar-refractivity contribution in [2.75, 3.05) is 0 Å². The van der Waals surface area contributed by atoms with Gasteiger partial charge in [-0.1, -0.05) is 85.9 Å². The van der Waals surface area contributed by atoms with Gasteiger partial charge in [0.15, 0.2) is 0 Å². The Balaban J connectivity index is 3.49. The molecular weight excluding hydrogens is 276 g/mol. The van der Waals surface area contributed by atoms with E-state index in [4.69, 9.17) is 0 Å². The van der Waals surface area contributed by atoms with Gasteiger partial charge < -0.3 is 0 Å². The van der Waals surface area contributed by atoms with Gasteiger partial charge in [-0.3, -0.25) is 0 Å². The van der Waals surface area contributed by atoms with E-state index in [9.17, 15) is 0 Å². The molecule has 0 aromatic rings. The van der Waals surface area contributed by atoms with Crippen LogP contribution in [0.15, 0.2) is 85.6 Å². The molecule has 0 bridgehead atoms. The smallest absolute Gasteiger partial charge is 0.0169 e. The highest BCUT2D eigenvalue weighted by atomic mass is 13.8. The summed E-state index contributed by atoms with van der Waals surface area (Å²) in [6, 6.07) is 0. The second-order valence-electron chi connectivity index (χ2n) is 5.28. The van der Waals surface area contributed by atoms with E-state index in [2.05, 4.69) is 86.4 Å². The Labute approximate surface area is 144 Å². The Morgan fingerprint density at radius 3 is 1.17 bits per heavy atom. The minimum absolute atomic E-state index is 1.03. The first-order chi connectivity index (χ1) is 11.4. The fraction of sp³-hybridized carbons (Fsp3) is 0.391. The molecule has 0 aliphatic carbocycles. The zero-order valence-electron chi connectivity index (χ0n) is 14.9. The van der Waals surface area contributed by atoms with Crippen molar-refractivity contribution >= 4 is 0 Å². The summed E-state index contributed by atoms with van der Waals surface area (Å²) in [7, 11) is 0. The maximum Gasteiger partial charge on any atom is -0.0169 e. The Bertz CT molecular complexity index is 413. The quantitative estimate of drug-likeness (QED) is 0.228. The lowest BCUT2D eigenvalue weighted by Crippen LogP contribution is -1.65. The van der Waals surface area contributed by atoms with E-state index in [1.807, 2.05) is 6.08 Å². The third-order valence-corrected chi connectivity index (χ3v) is 3.13. The minimum atomic E-state index is 1.03. The summed E-state index contributed by atoms with van der Waals surface area (Å²) in [5, 5.41) is 0. The molecule has 23 heavy (non-hydrogen) atoms. The molecule has 0 N–H and O–H groups in total. The van der Waals surface area contributed by atoms with Crippen LogP contribution in [0.1, 0.15) is 58.3 Å². The number of rotatable bonds is 14. The summed E-state index contributed by atoms with van der Waals surface area (Å²) in [4.78, 5) is 0. The summed E-state index contributed by atoms with van der Waals surface area (Å²) < 4.78 is 0. The normalized spacial score (nSPS) is 13.1. The Hall–Kier alpha value is -1.82. The maximum atomic E-state index is 3.71. The average molecular weight is 311 g/mol. The molecule has 0 saturated carbocycles. The van der Waals surface area contributed by atoms with Crippen molar-refractivity contribution in [3.8, 4) is 0 Å². The lowest BCUT2D eigenvalue weighted by molar-refractivity contribution is 1.05. The SMILES string of the molecule is C=CCC/C=C\C/C=C\C/C=C\C/C=C\C/C=C\C/C=C\CC. The van der Waals surface area contributed by atoms with Crippen molar-refractivity contribution in [3.05, 3.63) is 85.6 Å². The van der Waals surface area contributed by atoms with E-state index in [1.165, 1.54) is 0 Å². The number of allylic oxidation sites excluding steroid dienone is 13. The van der Waals surface area contributed by atoms with Gasteiger partial charge in [0, 0.05) is 0 Å². The summed E-state index contributed by atoms with van der Waals surface area (Å²) in [6.45, 7) is 5.87. The van der Waals surface area contributed by atoms with Gasteiger partial charge in [0.05, 0.1) is 0 Å². The molecule has 0 spiro atoms. The van der Waals surface area contributed by atoms with E-state index < -0.39 is 0 Å². The zero-order valence-corrected chi connectivity index (χ0v) is 14.9. The molecule has 0 amide bonds. The van der Waals surface area contributed by atoms with Crippen molar-refractivity contribution in [1.82, 2.24) is 0 Å². The molecule has 0 nitrogen and oxygen atoms in total. The number of hydrogen-bond donors (Lipinski definition) is 0. The molecule has 126 valence electrons. The van der Waals surface area contributed by atoms with Gasteiger partial charge in [-0.2, -0.15) is 0 Å². The van der Waals surface area contributed by atoms with Crippen LogP contribution in [0.2, 0.25) is 0 Å². The highest BCUT2D eigenvalue weighted by Crippen LogP contribution is 1.97. The first-order valence-electron chi connectivity index (χ1n) is 8.92. The zero-order chi connectivity index (χ0) is 16.8. The molecule has 0 aromatic heterocycles. The summed E-state index contributed by atoms with van der Waals surface area (Å²) in [5.41, 5.74) is 0. The van der Waals surface area contributed by atoms with E-state index in [0.717, 1.165) is 51.4 Å². The number of hydrogen-bond acceptors (Lipinski definition) is 0. The van der Waals surface area contributed by atoms with Gasteiger partial charge in [0.25, 0.3) is 0 Å². The summed E-state index contributed by atoms with van der Waals surface area (Å²) >= 11 is 0. The van der Waals surface area contributed by atoms with Crippen LogP contribution >= 0.6 is 0 Å². The van der Waals surface area contributed by atoms with Crippen LogP contribution in [0.4, 0.5) is 0 Å². The van der Waals surface area contributed by atoms with Crippen molar-refractivity contribution in [1.29, 1.82) is 0 Å². The second kappa shape index (κ2) is 20.2. The molecular formula is C23H34. The lowest BCUT2D eigenvalue weighted by Gasteiger charge is -1.86. The minimum Gasteiger partial charge on any atom is -0.103 e. The van der Waals surface area contributed by atoms with Gasteiger partial charge in [0.1, 0.15) is 0 Å². The third kappa shape index (κ3) is 20.2. The third-order valence-electron chi connectivity index (χ3n) is 3.13. The fourth-order valence-electron chi connectivity index (χ4n) is 1.85. The van der Waals surface area contributed by atoms with Gasteiger partial charge in [-0.05, 0) is 51.4 Å². The molecule has 0 fully saturated rings. The van der Waals surface area contributed by atoms with Crippen molar-refractivity contribution in [2.24, 2.45) is 0 Å². The first-order valence-corrected chi connectivity index (χ1v) is 8.92. The van der Waals surface area contributed by atoms with Crippen LogP contribution < -0.4 is 0 Å². The van der Waals surface area contributed by atoms with Gasteiger partial charge in [0.2, 0.25) is 0 Å². The molecule has 0 rings (SSSR count). The Morgan fingerprint density at radius 2 is 0.826 bits per heavy atom. The molecule has 0 heteroatoms. The van der Waals surface area contributed by atoms with E-state index in [1.54, 1.807) is 0 Å². The van der Waals surface area contributed by atoms with E-state index in [-0.39, 0.29) is 0 Å². The number of unbranched alkanes of at least 4 members (excludes halogenated alkanes) is 1. The van der Waals surface area contributed by atoms with Crippen LogP contribution in [0.25, 0.3) is 0 Å². The fourth-order valence-corrected chi connectivity index (χ4v) is 1.85.